The van der Waals surface area contributed by atoms with Gasteiger partial charge in [0, 0.05) is 30.2 Å². The van der Waals surface area contributed by atoms with Crippen molar-refractivity contribution in [1.29, 1.82) is 0 Å². The topological polar surface area (TPSA) is 73.2 Å². The van der Waals surface area contributed by atoms with E-state index in [2.05, 4.69) is 17.3 Å². The van der Waals surface area contributed by atoms with Crippen molar-refractivity contribution in [3.8, 4) is 0 Å². The van der Waals surface area contributed by atoms with Crippen LogP contribution in [0.5, 0.6) is 0 Å². The summed E-state index contributed by atoms with van der Waals surface area (Å²) in [5, 5.41) is 7.75. The highest BCUT2D eigenvalue weighted by Gasteiger charge is 2.29. The van der Waals surface area contributed by atoms with E-state index in [1.807, 2.05) is 30.8 Å². The molecule has 0 radical (unpaired) electrons. The number of anilines is 1. The molecule has 0 aliphatic heterocycles. The number of thiophene rings is 1. The Hall–Kier alpha value is -2.15. The summed E-state index contributed by atoms with van der Waals surface area (Å²) in [6.45, 7) is 6.60. The lowest BCUT2D eigenvalue weighted by Gasteiger charge is -2.18. The van der Waals surface area contributed by atoms with Crippen molar-refractivity contribution in [3.63, 3.8) is 0 Å². The second-order valence-corrected chi connectivity index (χ2v) is 8.54. The number of carbonyl (C=O) groups excluding carboxylic acids is 2. The van der Waals surface area contributed by atoms with Gasteiger partial charge in [-0.05, 0) is 57.1 Å². The first-order valence-electron chi connectivity index (χ1n) is 9.56. The molecule has 0 spiro atoms. The van der Waals surface area contributed by atoms with Crippen molar-refractivity contribution in [3.05, 3.63) is 34.5 Å². The number of aryl methyl sites for hydroxylation is 1. The third kappa shape index (κ3) is 4.97. The van der Waals surface area contributed by atoms with Gasteiger partial charge in [0.25, 0.3) is 0 Å². The van der Waals surface area contributed by atoms with E-state index in [0.717, 1.165) is 24.8 Å². The third-order valence-electron chi connectivity index (χ3n) is 4.66. The average molecular weight is 390 g/mol. The summed E-state index contributed by atoms with van der Waals surface area (Å²) in [5.74, 6) is 0.194. The zero-order valence-corrected chi connectivity index (χ0v) is 17.0. The number of nitrogens with one attached hydrogen (secondary N) is 1. The molecule has 1 amide bonds. The van der Waals surface area contributed by atoms with E-state index in [9.17, 15) is 9.59 Å². The van der Waals surface area contributed by atoms with Gasteiger partial charge in [0.2, 0.25) is 5.91 Å². The van der Waals surface area contributed by atoms with Crippen LogP contribution < -0.4 is 5.32 Å². The molecule has 7 heteroatoms. The highest BCUT2D eigenvalue weighted by molar-refractivity contribution is 7.17. The van der Waals surface area contributed by atoms with Crippen LogP contribution in [0.4, 0.5) is 5.00 Å². The van der Waals surface area contributed by atoms with Gasteiger partial charge in [-0.3, -0.25) is 9.48 Å². The Morgan fingerprint density at radius 3 is 2.96 bits per heavy atom. The predicted octanol–water partition coefficient (Wildman–Crippen LogP) is 4.05. The van der Waals surface area contributed by atoms with E-state index < -0.39 is 0 Å². The SMILES string of the molecule is CC1CCc2c(sc(NC(=O)CCCn3cccn3)c2C(=O)OC(C)C)C1. The quantitative estimate of drug-likeness (QED) is 0.725. The number of esters is 1. The Bertz CT molecular complexity index is 796. The zero-order chi connectivity index (χ0) is 19.4. The van der Waals surface area contributed by atoms with Crippen LogP contribution in [-0.4, -0.2) is 27.8 Å². The molecule has 0 fully saturated rings. The first-order valence-corrected chi connectivity index (χ1v) is 10.4. The van der Waals surface area contributed by atoms with Gasteiger partial charge in [-0.1, -0.05) is 6.92 Å². The number of rotatable bonds is 7. The van der Waals surface area contributed by atoms with Crippen LogP contribution in [-0.2, 0) is 28.9 Å². The molecule has 27 heavy (non-hydrogen) atoms. The Balaban J connectivity index is 1.71. The molecule has 2 aromatic rings. The fourth-order valence-electron chi connectivity index (χ4n) is 3.35. The molecule has 0 aromatic carbocycles. The standard InChI is InChI=1S/C20H27N3O3S/c1-13(2)26-20(25)18-15-8-7-14(3)12-16(15)27-19(18)22-17(24)6-4-10-23-11-5-9-21-23/h5,9,11,13-14H,4,6-8,10,12H2,1-3H3,(H,22,24). The predicted molar refractivity (Wildman–Crippen MR) is 106 cm³/mol. The van der Waals surface area contributed by atoms with Crippen molar-refractivity contribution in [2.75, 3.05) is 5.32 Å². The largest absolute Gasteiger partial charge is 0.459 e. The summed E-state index contributed by atoms with van der Waals surface area (Å²) in [5.41, 5.74) is 1.63. The van der Waals surface area contributed by atoms with E-state index in [-0.39, 0.29) is 18.0 Å². The van der Waals surface area contributed by atoms with Gasteiger partial charge >= 0.3 is 5.97 Å². The van der Waals surface area contributed by atoms with Gasteiger partial charge in [-0.2, -0.15) is 5.10 Å². The highest BCUT2D eigenvalue weighted by Crippen LogP contribution is 2.40. The first kappa shape index (κ1) is 19.6. The lowest BCUT2D eigenvalue weighted by molar-refractivity contribution is -0.116. The molecule has 0 bridgehead atoms. The molecule has 6 nitrogen and oxygen atoms in total. The zero-order valence-electron chi connectivity index (χ0n) is 16.2. The lowest BCUT2D eigenvalue weighted by atomic mass is 9.88. The van der Waals surface area contributed by atoms with Crippen LogP contribution in [0.25, 0.3) is 0 Å². The van der Waals surface area contributed by atoms with Crippen molar-refractivity contribution in [1.82, 2.24) is 9.78 Å². The number of ether oxygens (including phenoxy) is 1. The Kier molecular flexibility index (Phi) is 6.31. The molecule has 1 aliphatic rings. The van der Waals surface area contributed by atoms with Crippen LogP contribution in [0.15, 0.2) is 18.5 Å². The van der Waals surface area contributed by atoms with Crippen LogP contribution >= 0.6 is 11.3 Å². The summed E-state index contributed by atoms with van der Waals surface area (Å²) in [6.07, 6.45) is 7.38. The molecular formula is C20H27N3O3S. The third-order valence-corrected chi connectivity index (χ3v) is 5.83. The van der Waals surface area contributed by atoms with Gasteiger partial charge in [-0.15, -0.1) is 11.3 Å². The van der Waals surface area contributed by atoms with Gasteiger partial charge in [0.15, 0.2) is 0 Å². The van der Waals surface area contributed by atoms with Gasteiger partial charge < -0.3 is 10.1 Å². The summed E-state index contributed by atoms with van der Waals surface area (Å²) in [6, 6.07) is 1.86. The number of nitrogens with zero attached hydrogens (tertiary/aromatic N) is 2. The maximum atomic E-state index is 12.7. The Morgan fingerprint density at radius 2 is 2.26 bits per heavy atom. The number of hydrogen-bond acceptors (Lipinski definition) is 5. The van der Waals surface area contributed by atoms with E-state index in [1.165, 1.54) is 16.2 Å². The number of carbonyl (C=O) groups is 2. The van der Waals surface area contributed by atoms with E-state index >= 15 is 0 Å². The Labute approximate surface area is 163 Å². The van der Waals surface area contributed by atoms with Gasteiger partial charge in [0.05, 0.1) is 11.7 Å². The number of hydrogen-bond donors (Lipinski definition) is 1. The summed E-state index contributed by atoms with van der Waals surface area (Å²) < 4.78 is 7.25. The molecule has 3 rings (SSSR count). The normalized spacial score (nSPS) is 16.2. The van der Waals surface area contributed by atoms with Crippen LogP contribution in [0.2, 0.25) is 0 Å². The lowest BCUT2D eigenvalue weighted by Crippen LogP contribution is -2.18. The highest BCUT2D eigenvalue weighted by atomic mass is 32.1. The fourth-order valence-corrected chi connectivity index (χ4v) is 4.77. The van der Waals surface area contributed by atoms with Crippen LogP contribution in [0, 0.1) is 5.92 Å². The van der Waals surface area contributed by atoms with Crippen LogP contribution in [0.1, 0.15) is 60.8 Å². The van der Waals surface area contributed by atoms with Crippen LogP contribution in [0.3, 0.4) is 0 Å². The minimum absolute atomic E-state index is 0.0765. The van der Waals surface area contributed by atoms with Crippen molar-refractivity contribution < 1.29 is 14.3 Å². The molecular weight excluding hydrogens is 362 g/mol. The summed E-state index contributed by atoms with van der Waals surface area (Å²) >= 11 is 1.53. The number of amides is 1. The molecule has 0 saturated carbocycles. The van der Waals surface area contributed by atoms with E-state index in [1.54, 1.807) is 6.20 Å². The second kappa shape index (κ2) is 8.69. The fraction of sp³-hybridized carbons (Fsp3) is 0.550. The van der Waals surface area contributed by atoms with E-state index in [0.29, 0.717) is 35.9 Å². The Morgan fingerprint density at radius 1 is 1.44 bits per heavy atom. The minimum atomic E-state index is -0.330. The molecule has 1 atom stereocenters. The molecule has 0 saturated heterocycles. The number of fused-ring (bicyclic) bond motifs is 1. The van der Waals surface area contributed by atoms with Crippen molar-refractivity contribution in [2.45, 2.75) is 65.5 Å². The minimum Gasteiger partial charge on any atom is -0.459 e. The smallest absolute Gasteiger partial charge is 0.341 e. The summed E-state index contributed by atoms with van der Waals surface area (Å²) in [7, 11) is 0. The summed E-state index contributed by atoms with van der Waals surface area (Å²) in [4.78, 5) is 26.3. The van der Waals surface area contributed by atoms with Gasteiger partial charge in [-0.25, -0.2) is 4.79 Å². The molecule has 2 heterocycles. The average Bonchev–Trinajstić information content (AvgIpc) is 3.21. The molecule has 1 N–H and O–H groups in total. The monoisotopic (exact) mass is 389 g/mol. The van der Waals surface area contributed by atoms with Gasteiger partial charge in [0.1, 0.15) is 5.00 Å². The maximum absolute atomic E-state index is 12.7. The van der Waals surface area contributed by atoms with E-state index in [4.69, 9.17) is 4.74 Å². The molecule has 1 aliphatic carbocycles. The maximum Gasteiger partial charge on any atom is 0.341 e. The first-order chi connectivity index (χ1) is 12.9. The molecule has 146 valence electrons. The number of aromatic nitrogens is 2. The second-order valence-electron chi connectivity index (χ2n) is 7.43. The van der Waals surface area contributed by atoms with Crippen molar-refractivity contribution in [2.24, 2.45) is 5.92 Å². The van der Waals surface area contributed by atoms with Crippen molar-refractivity contribution >= 4 is 28.2 Å². The molecule has 1 unspecified atom stereocenters. The molecule has 2 aromatic heterocycles.